The van der Waals surface area contributed by atoms with Gasteiger partial charge in [-0.1, -0.05) is 78.4 Å². The molecule has 0 spiro atoms. The summed E-state index contributed by atoms with van der Waals surface area (Å²) < 4.78 is 12.2. The number of unbranched alkanes of at least 4 members (excludes halogenated alkanes) is 6. The second-order valence-electron chi connectivity index (χ2n) is 14.2. The van der Waals surface area contributed by atoms with Gasteiger partial charge in [0.15, 0.2) is 0 Å². The number of nitriles is 1. The van der Waals surface area contributed by atoms with E-state index in [1.807, 2.05) is 6.07 Å². The second kappa shape index (κ2) is 18.7. The van der Waals surface area contributed by atoms with E-state index in [9.17, 15) is 15.2 Å². The van der Waals surface area contributed by atoms with Gasteiger partial charge < -0.3 is 19.5 Å². The Kier molecular flexibility index (Phi) is 13.5. The predicted molar refractivity (Wildman–Crippen MR) is 230 cm³/mol. The molecule has 0 saturated heterocycles. The molecule has 2 heterocycles. The van der Waals surface area contributed by atoms with Crippen LogP contribution in [0.25, 0.3) is 26.3 Å². The van der Waals surface area contributed by atoms with Gasteiger partial charge in [0.2, 0.25) is 0 Å². The number of benzene rings is 3. The van der Waals surface area contributed by atoms with Crippen molar-refractivity contribution < 1.29 is 19.4 Å². The summed E-state index contributed by atoms with van der Waals surface area (Å²) in [5.74, 6) is 0.563. The number of anilines is 3. The van der Waals surface area contributed by atoms with E-state index in [-0.39, 0.29) is 11.0 Å². The van der Waals surface area contributed by atoms with Gasteiger partial charge in [0, 0.05) is 42.0 Å². The van der Waals surface area contributed by atoms with E-state index in [1.54, 1.807) is 22.7 Å². The van der Waals surface area contributed by atoms with Crippen molar-refractivity contribution >= 4 is 51.8 Å². The highest BCUT2D eigenvalue weighted by Crippen LogP contribution is 2.59. The molecule has 8 heteroatoms. The average molecular weight is 773 g/mol. The monoisotopic (exact) mass is 772 g/mol. The number of carboxylic acid groups (broad SMARTS) is 1. The van der Waals surface area contributed by atoms with Gasteiger partial charge in [0.1, 0.15) is 23.1 Å². The molecule has 286 valence electrons. The Bertz CT molecular complexity index is 2040. The van der Waals surface area contributed by atoms with Gasteiger partial charge in [-0.15, -0.1) is 22.7 Å². The van der Waals surface area contributed by atoms with Gasteiger partial charge in [-0.3, -0.25) is 0 Å². The fourth-order valence-electron chi connectivity index (χ4n) is 7.55. The fourth-order valence-corrected chi connectivity index (χ4v) is 10.2. The van der Waals surface area contributed by atoms with Crippen molar-refractivity contribution in [2.24, 2.45) is 0 Å². The summed E-state index contributed by atoms with van der Waals surface area (Å²) in [6.45, 7) is 10.4. The smallest absolute Gasteiger partial charge is 0.346 e. The molecule has 55 heavy (non-hydrogen) atoms. The molecule has 1 N–H and O–H groups in total. The van der Waals surface area contributed by atoms with Crippen molar-refractivity contribution in [3.8, 4) is 37.8 Å². The molecular formula is C47H52N2O4S2. The number of carbonyl (C=O) groups is 1. The number of aliphatic carboxylic acids is 1. The van der Waals surface area contributed by atoms with Crippen LogP contribution in [-0.4, -0.2) is 24.3 Å². The van der Waals surface area contributed by atoms with Crippen molar-refractivity contribution in [1.29, 1.82) is 5.26 Å². The molecule has 2 aromatic heterocycles. The van der Waals surface area contributed by atoms with Crippen LogP contribution in [0, 0.1) is 11.3 Å². The maximum absolute atomic E-state index is 11.6. The topological polar surface area (TPSA) is 82.8 Å². The molecule has 1 aliphatic carbocycles. The summed E-state index contributed by atoms with van der Waals surface area (Å²) in [7, 11) is 0. The molecule has 0 fully saturated rings. The highest BCUT2D eigenvalue weighted by atomic mass is 32.1. The number of ether oxygens (including phenoxy) is 2. The van der Waals surface area contributed by atoms with Crippen LogP contribution in [0.1, 0.15) is 108 Å². The van der Waals surface area contributed by atoms with Crippen molar-refractivity contribution in [3.63, 3.8) is 0 Å². The van der Waals surface area contributed by atoms with E-state index >= 15 is 0 Å². The summed E-state index contributed by atoms with van der Waals surface area (Å²) in [5.41, 5.74) is 6.49. The largest absolute Gasteiger partial charge is 0.494 e. The molecule has 0 aliphatic heterocycles. The Morgan fingerprint density at radius 3 is 1.67 bits per heavy atom. The summed E-state index contributed by atoms with van der Waals surface area (Å²) >= 11 is 3.37. The van der Waals surface area contributed by atoms with Crippen LogP contribution >= 0.6 is 22.7 Å². The number of rotatable bonds is 20. The second-order valence-corrected chi connectivity index (χ2v) is 16.3. The van der Waals surface area contributed by atoms with Gasteiger partial charge in [0.05, 0.1) is 13.2 Å². The summed E-state index contributed by atoms with van der Waals surface area (Å²) in [6, 6.07) is 31.9. The zero-order valence-electron chi connectivity index (χ0n) is 32.5. The van der Waals surface area contributed by atoms with Gasteiger partial charge >= 0.3 is 5.97 Å². The van der Waals surface area contributed by atoms with E-state index < -0.39 is 5.97 Å². The fraction of sp³-hybridized carbons (Fsp3) is 0.362. The number of thiophene rings is 2. The van der Waals surface area contributed by atoms with E-state index in [2.05, 4.69) is 118 Å². The lowest BCUT2D eigenvalue weighted by molar-refractivity contribution is -0.132. The number of fused-ring (bicyclic) bond motifs is 3. The molecule has 3 aromatic carbocycles. The SMILES string of the molecule is CCCCCCOc1ccc(N(c2ccc(OCCCCCC)cc2)c2ccc(-c3cc4c(s3)-c3sc(/C=C(/C#N)C(=O)O)cc3C4(CC)CC)cc2)cc1. The van der Waals surface area contributed by atoms with Crippen molar-refractivity contribution in [3.05, 3.63) is 107 Å². The third-order valence-electron chi connectivity index (χ3n) is 10.7. The quantitative estimate of drug-likeness (QED) is 0.0482. The van der Waals surface area contributed by atoms with E-state index in [4.69, 9.17) is 9.47 Å². The van der Waals surface area contributed by atoms with Gasteiger partial charge in [-0.2, -0.15) is 5.26 Å². The van der Waals surface area contributed by atoms with Crippen LogP contribution in [0.3, 0.4) is 0 Å². The normalized spacial score (nSPS) is 12.9. The van der Waals surface area contributed by atoms with E-state index in [1.165, 1.54) is 70.4 Å². The predicted octanol–water partition coefficient (Wildman–Crippen LogP) is 13.9. The maximum Gasteiger partial charge on any atom is 0.346 e. The zero-order valence-corrected chi connectivity index (χ0v) is 34.2. The number of carboxylic acids is 1. The Labute approximate surface area is 334 Å². The van der Waals surface area contributed by atoms with Crippen LogP contribution < -0.4 is 14.4 Å². The lowest BCUT2D eigenvalue weighted by Gasteiger charge is -2.28. The molecule has 0 radical (unpaired) electrons. The highest BCUT2D eigenvalue weighted by Gasteiger charge is 2.43. The summed E-state index contributed by atoms with van der Waals surface area (Å²) in [5, 5.41) is 18.9. The van der Waals surface area contributed by atoms with Crippen molar-refractivity contribution in [2.45, 2.75) is 97.3 Å². The number of hydrogen-bond donors (Lipinski definition) is 1. The Hall–Kier alpha value is -4.84. The molecule has 0 unspecified atom stereocenters. The van der Waals surface area contributed by atoms with Gasteiger partial charge in [-0.25, -0.2) is 4.79 Å². The standard InChI is InChI=1S/C47H52N2O4S2/c1-5-9-11-13-27-52-38-23-19-36(20-24-38)49(37-21-25-39(26-22-37)53-28-14-12-10-6-2)35-17-15-33(16-18-35)43-31-42-45(55-43)44-41(47(42,7-3)8-4)30-40(54-44)29-34(32-48)46(50)51/h15-26,29-31H,5-14,27-28H2,1-4H3,(H,50,51)/b34-29-. The minimum Gasteiger partial charge on any atom is -0.494 e. The van der Waals surface area contributed by atoms with Crippen LogP contribution in [0.4, 0.5) is 17.1 Å². The molecule has 0 amide bonds. The zero-order chi connectivity index (χ0) is 38.8. The first-order valence-electron chi connectivity index (χ1n) is 19.9. The van der Waals surface area contributed by atoms with Crippen molar-refractivity contribution in [1.82, 2.24) is 0 Å². The molecule has 1 aliphatic rings. The third kappa shape index (κ3) is 8.85. The first kappa shape index (κ1) is 39.8. The Morgan fingerprint density at radius 1 is 0.709 bits per heavy atom. The minimum atomic E-state index is -1.20. The Balaban J connectivity index is 1.29. The lowest BCUT2D eigenvalue weighted by atomic mass is 9.75. The highest BCUT2D eigenvalue weighted by molar-refractivity contribution is 7.24. The van der Waals surface area contributed by atoms with Crippen LogP contribution in [0.15, 0.2) is 90.5 Å². The molecular weight excluding hydrogens is 721 g/mol. The van der Waals surface area contributed by atoms with E-state index in [0.717, 1.165) is 77.9 Å². The minimum absolute atomic E-state index is 0.147. The first-order chi connectivity index (χ1) is 26.8. The molecule has 0 bridgehead atoms. The molecule has 0 atom stereocenters. The number of hydrogen-bond acceptors (Lipinski definition) is 7. The van der Waals surface area contributed by atoms with E-state index in [0.29, 0.717) is 0 Å². The van der Waals surface area contributed by atoms with Crippen LogP contribution in [0.2, 0.25) is 0 Å². The molecule has 6 rings (SSSR count). The first-order valence-corrected chi connectivity index (χ1v) is 21.5. The number of nitrogens with zero attached hydrogens (tertiary/aromatic N) is 2. The van der Waals surface area contributed by atoms with Gasteiger partial charge in [-0.05, 0) is 121 Å². The van der Waals surface area contributed by atoms with Crippen molar-refractivity contribution in [2.75, 3.05) is 18.1 Å². The Morgan fingerprint density at radius 2 is 1.20 bits per heavy atom. The summed E-state index contributed by atoms with van der Waals surface area (Å²) in [6.07, 6.45) is 12.8. The van der Waals surface area contributed by atoms with Crippen LogP contribution in [0.5, 0.6) is 11.5 Å². The van der Waals surface area contributed by atoms with Gasteiger partial charge in [0.25, 0.3) is 0 Å². The molecule has 6 nitrogen and oxygen atoms in total. The van der Waals surface area contributed by atoms with Crippen LogP contribution in [-0.2, 0) is 10.2 Å². The average Bonchev–Trinajstić information content (AvgIpc) is 3.90. The summed E-state index contributed by atoms with van der Waals surface area (Å²) in [4.78, 5) is 18.3. The third-order valence-corrected chi connectivity index (χ3v) is 13.1. The molecule has 5 aromatic rings. The maximum atomic E-state index is 11.6. The molecule has 0 saturated carbocycles. The lowest BCUT2D eigenvalue weighted by Crippen LogP contribution is -2.22.